The number of aromatic nitrogens is 4. The summed E-state index contributed by atoms with van der Waals surface area (Å²) in [5.74, 6) is 1.17. The fourth-order valence-corrected chi connectivity index (χ4v) is 3.86. The smallest absolute Gasteiger partial charge is 0.236 e. The quantitative estimate of drug-likeness (QED) is 0.622. The van der Waals surface area contributed by atoms with Gasteiger partial charge in [-0.15, -0.1) is 12.4 Å². The summed E-state index contributed by atoms with van der Waals surface area (Å²) in [6.07, 6.45) is 7.88. The van der Waals surface area contributed by atoms with Gasteiger partial charge in [-0.05, 0) is 62.5 Å². The molecule has 0 spiro atoms. The van der Waals surface area contributed by atoms with E-state index < -0.39 is 0 Å². The zero-order valence-corrected chi connectivity index (χ0v) is 18.3. The Balaban J connectivity index is 0.000000197. The fourth-order valence-electron chi connectivity index (χ4n) is 3.67. The van der Waals surface area contributed by atoms with E-state index in [0.29, 0.717) is 11.2 Å². The highest BCUT2D eigenvalue weighted by atomic mass is 35.5. The number of benzene rings is 1. The van der Waals surface area contributed by atoms with Crippen LogP contribution in [0.25, 0.3) is 11.0 Å². The molecule has 9 heteroatoms. The van der Waals surface area contributed by atoms with Crippen molar-refractivity contribution in [1.82, 2.24) is 25.3 Å². The molecule has 0 saturated carbocycles. The first kappa shape index (κ1) is 22.7. The van der Waals surface area contributed by atoms with Crippen LogP contribution >= 0.6 is 24.0 Å². The van der Waals surface area contributed by atoms with Crippen LogP contribution in [0.4, 0.5) is 0 Å². The molecule has 2 fully saturated rings. The minimum atomic E-state index is 0. The van der Waals surface area contributed by atoms with Crippen molar-refractivity contribution in [3.63, 3.8) is 0 Å². The van der Waals surface area contributed by atoms with Crippen LogP contribution < -0.4 is 10.1 Å². The molecule has 0 aliphatic carbocycles. The molecule has 2 aromatic heterocycles. The summed E-state index contributed by atoms with van der Waals surface area (Å²) in [5, 5.41) is 3.79. The van der Waals surface area contributed by atoms with Gasteiger partial charge in [-0.2, -0.15) is 0 Å². The molecule has 0 amide bonds. The van der Waals surface area contributed by atoms with E-state index in [2.05, 4.69) is 25.3 Å². The average molecular weight is 452 g/mol. The topological polar surface area (TPSA) is 85.0 Å². The summed E-state index contributed by atoms with van der Waals surface area (Å²) in [6.45, 7) is 3.68. The summed E-state index contributed by atoms with van der Waals surface area (Å²) in [7, 11) is 0. The third-order valence-electron chi connectivity index (χ3n) is 5.22. The van der Waals surface area contributed by atoms with Crippen LogP contribution in [-0.4, -0.2) is 52.3 Å². The SMILES string of the molecule is Cl.Clc1nc2ccccc2[nH]1.c1cnc(C2CCOCC2)c(OC2CCNCC2)n1. The van der Waals surface area contributed by atoms with E-state index in [-0.39, 0.29) is 18.5 Å². The van der Waals surface area contributed by atoms with Crippen LogP contribution in [0, 0.1) is 0 Å². The number of nitrogens with zero attached hydrogens (tertiary/aromatic N) is 3. The number of hydrogen-bond acceptors (Lipinski definition) is 6. The highest BCUT2D eigenvalue weighted by Crippen LogP contribution is 2.31. The standard InChI is InChI=1S/C14H21N3O2.C7H5ClN2.ClH/c1-5-15-6-2-12(1)19-14-13(16-7-8-17-14)11-3-9-18-10-4-11;8-7-9-5-3-1-2-4-6(5)10-7;/h7-8,11-12,15H,1-6,9-10H2;1-4H,(H,9,10);1H. The summed E-state index contributed by atoms with van der Waals surface area (Å²) in [4.78, 5) is 15.8. The van der Waals surface area contributed by atoms with Crippen molar-refractivity contribution in [2.45, 2.75) is 37.7 Å². The minimum Gasteiger partial charge on any atom is -0.473 e. The van der Waals surface area contributed by atoms with Gasteiger partial charge < -0.3 is 19.8 Å². The van der Waals surface area contributed by atoms with Gasteiger partial charge in [0.1, 0.15) is 11.8 Å². The van der Waals surface area contributed by atoms with Gasteiger partial charge in [0.05, 0.1) is 11.0 Å². The van der Waals surface area contributed by atoms with Crippen molar-refractivity contribution in [3.8, 4) is 5.88 Å². The number of rotatable bonds is 3. The number of piperidine rings is 1. The molecule has 2 saturated heterocycles. The van der Waals surface area contributed by atoms with Gasteiger partial charge in [0.15, 0.2) is 0 Å². The van der Waals surface area contributed by atoms with Crippen LogP contribution in [0.15, 0.2) is 36.7 Å². The zero-order chi connectivity index (χ0) is 19.9. The van der Waals surface area contributed by atoms with E-state index in [4.69, 9.17) is 21.1 Å². The lowest BCUT2D eigenvalue weighted by molar-refractivity contribution is 0.0821. The molecule has 2 aliphatic heterocycles. The Morgan fingerprint density at radius 3 is 2.50 bits per heavy atom. The van der Waals surface area contributed by atoms with E-state index in [1.54, 1.807) is 12.4 Å². The molecule has 0 bridgehead atoms. The Labute approximate surface area is 187 Å². The van der Waals surface area contributed by atoms with Crippen molar-refractivity contribution in [3.05, 3.63) is 47.6 Å². The second kappa shape index (κ2) is 11.5. The number of imidazole rings is 1. The number of H-pyrrole nitrogens is 1. The van der Waals surface area contributed by atoms with Crippen molar-refractivity contribution in [2.24, 2.45) is 0 Å². The van der Waals surface area contributed by atoms with E-state index in [9.17, 15) is 0 Å². The molecule has 30 heavy (non-hydrogen) atoms. The molecule has 3 aromatic rings. The van der Waals surface area contributed by atoms with Gasteiger partial charge in [-0.25, -0.2) is 9.97 Å². The first-order valence-electron chi connectivity index (χ1n) is 10.2. The summed E-state index contributed by atoms with van der Waals surface area (Å²) in [5.41, 5.74) is 2.91. The number of fused-ring (bicyclic) bond motifs is 1. The van der Waals surface area contributed by atoms with Gasteiger partial charge in [0, 0.05) is 31.5 Å². The van der Waals surface area contributed by atoms with E-state index in [1.165, 1.54) is 0 Å². The normalized spacial score (nSPS) is 17.6. The maximum absolute atomic E-state index is 6.09. The molecule has 2 N–H and O–H groups in total. The molecule has 0 radical (unpaired) electrons. The maximum Gasteiger partial charge on any atom is 0.236 e. The Morgan fingerprint density at radius 1 is 1.00 bits per heavy atom. The first-order valence-corrected chi connectivity index (χ1v) is 10.5. The second-order valence-corrected chi connectivity index (χ2v) is 7.60. The predicted octanol–water partition coefficient (Wildman–Crippen LogP) is 4.14. The lowest BCUT2D eigenvalue weighted by atomic mass is 9.96. The molecular formula is C21H27Cl2N5O2. The largest absolute Gasteiger partial charge is 0.473 e. The number of ether oxygens (including phenoxy) is 2. The monoisotopic (exact) mass is 451 g/mol. The molecule has 7 nitrogen and oxygen atoms in total. The highest BCUT2D eigenvalue weighted by Gasteiger charge is 2.24. The number of nitrogens with one attached hydrogen (secondary N) is 2. The molecule has 0 unspecified atom stereocenters. The number of para-hydroxylation sites is 2. The molecular weight excluding hydrogens is 425 g/mol. The highest BCUT2D eigenvalue weighted by molar-refractivity contribution is 6.29. The first-order chi connectivity index (χ1) is 14.3. The van der Waals surface area contributed by atoms with Crippen LogP contribution in [0.2, 0.25) is 5.28 Å². The van der Waals surface area contributed by atoms with Gasteiger partial charge >= 0.3 is 0 Å². The van der Waals surface area contributed by atoms with Crippen molar-refractivity contribution < 1.29 is 9.47 Å². The summed E-state index contributed by atoms with van der Waals surface area (Å²) in [6, 6.07) is 7.72. The zero-order valence-electron chi connectivity index (χ0n) is 16.7. The van der Waals surface area contributed by atoms with Crippen molar-refractivity contribution in [2.75, 3.05) is 26.3 Å². The predicted molar refractivity (Wildman–Crippen MR) is 120 cm³/mol. The number of hydrogen-bond donors (Lipinski definition) is 2. The minimum absolute atomic E-state index is 0. The van der Waals surface area contributed by atoms with Crippen LogP contribution in [0.1, 0.15) is 37.3 Å². The second-order valence-electron chi connectivity index (χ2n) is 7.25. The third kappa shape index (κ3) is 6.04. The molecule has 1 aromatic carbocycles. The van der Waals surface area contributed by atoms with Crippen molar-refractivity contribution >= 4 is 35.0 Å². The number of halogens is 2. The Morgan fingerprint density at radius 2 is 1.73 bits per heavy atom. The fraction of sp³-hybridized carbons (Fsp3) is 0.476. The average Bonchev–Trinajstić information content (AvgIpc) is 3.16. The summed E-state index contributed by atoms with van der Waals surface area (Å²) < 4.78 is 11.5. The Hall–Kier alpha value is -1.93. The van der Waals surface area contributed by atoms with E-state index >= 15 is 0 Å². The number of aromatic amines is 1. The van der Waals surface area contributed by atoms with Gasteiger partial charge in [0.2, 0.25) is 11.2 Å². The third-order valence-corrected chi connectivity index (χ3v) is 5.40. The van der Waals surface area contributed by atoms with Gasteiger partial charge in [-0.3, -0.25) is 4.98 Å². The lowest BCUT2D eigenvalue weighted by Crippen LogP contribution is -2.34. The van der Waals surface area contributed by atoms with Crippen LogP contribution in [-0.2, 0) is 4.74 Å². The lowest BCUT2D eigenvalue weighted by Gasteiger charge is -2.26. The Bertz CT molecular complexity index is 878. The maximum atomic E-state index is 6.09. The van der Waals surface area contributed by atoms with Gasteiger partial charge in [-0.1, -0.05) is 12.1 Å². The molecule has 5 rings (SSSR count). The van der Waals surface area contributed by atoms with E-state index in [0.717, 1.165) is 74.6 Å². The Kier molecular flexibility index (Phi) is 8.69. The summed E-state index contributed by atoms with van der Waals surface area (Å²) >= 11 is 5.62. The van der Waals surface area contributed by atoms with E-state index in [1.807, 2.05) is 24.3 Å². The van der Waals surface area contributed by atoms with Crippen molar-refractivity contribution in [1.29, 1.82) is 0 Å². The van der Waals surface area contributed by atoms with Crippen LogP contribution in [0.5, 0.6) is 5.88 Å². The molecule has 0 atom stereocenters. The van der Waals surface area contributed by atoms with Crippen LogP contribution in [0.3, 0.4) is 0 Å². The van der Waals surface area contributed by atoms with Gasteiger partial charge in [0.25, 0.3) is 0 Å². The molecule has 4 heterocycles. The molecule has 2 aliphatic rings. The molecule has 162 valence electrons.